The van der Waals surface area contributed by atoms with Crippen molar-refractivity contribution in [2.45, 2.75) is 70.4 Å². The van der Waals surface area contributed by atoms with Gasteiger partial charge in [-0.3, -0.25) is 4.79 Å². The van der Waals surface area contributed by atoms with E-state index >= 15 is 0 Å². The lowest BCUT2D eigenvalue weighted by atomic mass is 9.95. The third kappa shape index (κ3) is 9.33. The Morgan fingerprint density at radius 3 is 2.33 bits per heavy atom. The van der Waals surface area contributed by atoms with Gasteiger partial charge in [-0.05, 0) is 101 Å². The zero-order valence-corrected chi connectivity index (χ0v) is 24.3. The molecule has 1 heterocycles. The number of hydrogen-bond acceptors (Lipinski definition) is 5. The number of nitrogens with one attached hydrogen (secondary N) is 2. The van der Waals surface area contributed by atoms with E-state index in [0.29, 0.717) is 23.2 Å². The highest BCUT2D eigenvalue weighted by atomic mass is 32.2. The van der Waals surface area contributed by atoms with E-state index in [0.717, 1.165) is 57.4 Å². The second-order valence-corrected chi connectivity index (χ2v) is 12.4. The van der Waals surface area contributed by atoms with Crippen LogP contribution in [0.3, 0.4) is 0 Å². The summed E-state index contributed by atoms with van der Waals surface area (Å²) in [5.74, 6) is 0.246. The van der Waals surface area contributed by atoms with E-state index in [1.165, 1.54) is 24.3 Å². The van der Waals surface area contributed by atoms with Crippen LogP contribution in [0.4, 0.5) is 10.5 Å². The van der Waals surface area contributed by atoms with E-state index in [-0.39, 0.29) is 22.9 Å². The smallest absolute Gasteiger partial charge is 0.317 e. The Kier molecular flexibility index (Phi) is 10.9. The number of rotatable bonds is 11. The quantitative estimate of drug-likeness (QED) is 0.384. The van der Waals surface area contributed by atoms with Crippen LogP contribution in [0.25, 0.3) is 0 Å². The predicted octanol–water partition coefficient (Wildman–Crippen LogP) is 4.06. The van der Waals surface area contributed by atoms with Crippen LogP contribution < -0.4 is 15.8 Å². The summed E-state index contributed by atoms with van der Waals surface area (Å²) >= 11 is 0. The summed E-state index contributed by atoms with van der Waals surface area (Å²) in [7, 11) is -3.81. The van der Waals surface area contributed by atoms with E-state index in [1.54, 1.807) is 0 Å². The molecular formula is C29H43N5O4S. The zero-order valence-electron chi connectivity index (χ0n) is 23.5. The first-order valence-corrected chi connectivity index (χ1v) is 15.3. The van der Waals surface area contributed by atoms with Gasteiger partial charge in [0.2, 0.25) is 10.0 Å². The van der Waals surface area contributed by atoms with Crippen LogP contribution in [0.15, 0.2) is 53.4 Å². The van der Waals surface area contributed by atoms with Gasteiger partial charge in [-0.1, -0.05) is 19.1 Å². The van der Waals surface area contributed by atoms with Gasteiger partial charge < -0.3 is 20.4 Å². The highest BCUT2D eigenvalue weighted by molar-refractivity contribution is 7.89. The predicted molar refractivity (Wildman–Crippen MR) is 155 cm³/mol. The summed E-state index contributed by atoms with van der Waals surface area (Å²) in [6, 6.07) is 13.9. The molecule has 3 rings (SSSR count). The zero-order chi connectivity index (χ0) is 28.6. The molecule has 1 aliphatic rings. The molecule has 1 aliphatic heterocycles. The number of anilines is 1. The molecule has 214 valence electrons. The maximum atomic E-state index is 12.7. The van der Waals surface area contributed by atoms with E-state index < -0.39 is 10.0 Å². The number of benzene rings is 2. The van der Waals surface area contributed by atoms with Crippen LogP contribution in [0.1, 0.15) is 62.9 Å². The second kappa shape index (κ2) is 13.9. The molecule has 0 bridgehead atoms. The van der Waals surface area contributed by atoms with E-state index in [9.17, 15) is 18.0 Å². The number of amides is 3. The van der Waals surface area contributed by atoms with Gasteiger partial charge in [-0.15, -0.1) is 0 Å². The minimum atomic E-state index is -3.81. The fraction of sp³-hybridized carbons (Fsp3) is 0.517. The molecule has 0 aromatic heterocycles. The summed E-state index contributed by atoms with van der Waals surface area (Å²) in [5, 5.41) is 11.0. The first kappa shape index (κ1) is 30.6. The molecule has 0 spiro atoms. The van der Waals surface area contributed by atoms with Gasteiger partial charge in [-0.25, -0.2) is 18.4 Å². The third-order valence-electron chi connectivity index (χ3n) is 7.10. The third-order valence-corrected chi connectivity index (χ3v) is 8.03. The maximum Gasteiger partial charge on any atom is 0.317 e. The fourth-order valence-corrected chi connectivity index (χ4v) is 5.53. The second-order valence-electron chi connectivity index (χ2n) is 10.8. The highest BCUT2D eigenvalue weighted by Crippen LogP contribution is 2.22. The fourth-order valence-electron chi connectivity index (χ4n) is 5.01. The van der Waals surface area contributed by atoms with Crippen molar-refractivity contribution >= 4 is 27.6 Å². The van der Waals surface area contributed by atoms with Crippen molar-refractivity contribution in [3.05, 3.63) is 59.7 Å². The number of piperidine rings is 1. The molecule has 0 radical (unpaired) electrons. The lowest BCUT2D eigenvalue weighted by Gasteiger charge is -2.37. The molecule has 39 heavy (non-hydrogen) atoms. The molecule has 9 nitrogen and oxygen atoms in total. The lowest BCUT2D eigenvalue weighted by molar-refractivity contribution is 0.102. The Bertz CT molecular complexity index is 1210. The monoisotopic (exact) mass is 557 g/mol. The standard InChI is InChI=1S/C29H43N5O4S/c1-5-15-34(20-23-13-16-33(17-14-23)29(36)31-21(2)3)22(4)18-24-7-6-8-26(19-24)32-28(35)25-9-11-27(12-10-25)39(30,37)38/h6-12,19,21-23H,5,13-18,20H2,1-4H3,(H,31,36)(H,32,35)(H2,30,37,38)/t22-/m1/s1. The molecule has 0 unspecified atom stereocenters. The Balaban J connectivity index is 1.56. The summed E-state index contributed by atoms with van der Waals surface area (Å²) in [6.45, 7) is 12.0. The highest BCUT2D eigenvalue weighted by Gasteiger charge is 2.26. The molecule has 2 aromatic rings. The summed E-state index contributed by atoms with van der Waals surface area (Å²) < 4.78 is 22.9. The average Bonchev–Trinajstić information content (AvgIpc) is 2.88. The number of carbonyl (C=O) groups excluding carboxylic acids is 2. The first-order chi connectivity index (χ1) is 18.5. The van der Waals surface area contributed by atoms with Gasteiger partial charge in [0.05, 0.1) is 4.90 Å². The van der Waals surface area contributed by atoms with E-state index in [4.69, 9.17) is 5.14 Å². The minimum Gasteiger partial charge on any atom is -0.336 e. The van der Waals surface area contributed by atoms with Gasteiger partial charge in [-0.2, -0.15) is 0 Å². The summed E-state index contributed by atoms with van der Waals surface area (Å²) in [6.07, 6.45) is 3.94. The van der Waals surface area contributed by atoms with Crippen LogP contribution in [0.2, 0.25) is 0 Å². The molecule has 1 saturated heterocycles. The number of nitrogens with zero attached hydrogens (tertiary/aromatic N) is 2. The van der Waals surface area contributed by atoms with Gasteiger partial charge in [0.15, 0.2) is 0 Å². The maximum absolute atomic E-state index is 12.7. The Labute approximate surface area is 233 Å². The average molecular weight is 558 g/mol. The Morgan fingerprint density at radius 1 is 1.08 bits per heavy atom. The lowest BCUT2D eigenvalue weighted by Crippen LogP contribution is -2.48. The molecule has 0 saturated carbocycles. The van der Waals surface area contributed by atoms with Gasteiger partial charge >= 0.3 is 6.03 Å². The summed E-state index contributed by atoms with van der Waals surface area (Å²) in [4.78, 5) is 29.5. The molecule has 4 N–H and O–H groups in total. The Hall–Kier alpha value is -2.95. The molecular weight excluding hydrogens is 514 g/mol. The van der Waals surface area contributed by atoms with Crippen molar-refractivity contribution in [3.63, 3.8) is 0 Å². The number of nitrogens with two attached hydrogens (primary N) is 1. The topological polar surface area (TPSA) is 125 Å². The van der Waals surface area contributed by atoms with Crippen molar-refractivity contribution in [1.29, 1.82) is 0 Å². The molecule has 10 heteroatoms. The van der Waals surface area contributed by atoms with Crippen molar-refractivity contribution in [2.75, 3.05) is 31.5 Å². The molecule has 3 amide bonds. The van der Waals surface area contributed by atoms with E-state index in [2.05, 4.69) is 35.4 Å². The largest absolute Gasteiger partial charge is 0.336 e. The Morgan fingerprint density at radius 2 is 1.74 bits per heavy atom. The SMILES string of the molecule is CCCN(CC1CCN(C(=O)NC(C)C)CC1)[C@H](C)Cc1cccc(NC(=O)c2ccc(S(N)(=O)=O)cc2)c1. The number of likely N-dealkylation sites (tertiary alicyclic amines) is 1. The minimum absolute atomic E-state index is 0.0335. The van der Waals surface area contributed by atoms with Crippen molar-refractivity contribution in [3.8, 4) is 0 Å². The van der Waals surface area contributed by atoms with Crippen LogP contribution >= 0.6 is 0 Å². The molecule has 2 aromatic carbocycles. The van der Waals surface area contributed by atoms with E-state index in [1.807, 2.05) is 36.9 Å². The first-order valence-electron chi connectivity index (χ1n) is 13.8. The molecule has 1 atom stereocenters. The number of sulfonamides is 1. The van der Waals surface area contributed by atoms with Crippen LogP contribution in [-0.2, 0) is 16.4 Å². The number of carbonyl (C=O) groups is 2. The van der Waals surface area contributed by atoms with Crippen molar-refractivity contribution in [1.82, 2.24) is 15.1 Å². The van der Waals surface area contributed by atoms with Crippen LogP contribution in [-0.4, -0.2) is 68.4 Å². The normalized spacial score (nSPS) is 15.4. The van der Waals surface area contributed by atoms with Crippen molar-refractivity contribution < 1.29 is 18.0 Å². The van der Waals surface area contributed by atoms with Gasteiger partial charge in [0.1, 0.15) is 0 Å². The van der Waals surface area contributed by atoms with Gasteiger partial charge in [0, 0.05) is 43.0 Å². The van der Waals surface area contributed by atoms with Crippen LogP contribution in [0.5, 0.6) is 0 Å². The number of urea groups is 1. The summed E-state index contributed by atoms with van der Waals surface area (Å²) in [5.41, 5.74) is 2.17. The van der Waals surface area contributed by atoms with Crippen molar-refractivity contribution in [2.24, 2.45) is 11.1 Å². The number of primary sulfonamides is 1. The molecule has 1 fully saturated rings. The van der Waals surface area contributed by atoms with Gasteiger partial charge in [0.25, 0.3) is 5.91 Å². The molecule has 0 aliphatic carbocycles. The number of hydrogen-bond donors (Lipinski definition) is 3. The van der Waals surface area contributed by atoms with Crippen LogP contribution in [0, 0.1) is 5.92 Å².